The Labute approximate surface area is 193 Å². The standard InChI is InChI=1S/C26H28N2O3S/c1-4-20-11-8-10-18(2)25(20)28-26(30)19(3)32-23-15-9-12-21(16-23)27-24(29)17-31-22-13-6-5-7-14-22/h5-16,19H,4,17H2,1-3H3,(H,27,29)(H,28,30). The molecule has 2 N–H and O–H groups in total. The number of amides is 2. The summed E-state index contributed by atoms with van der Waals surface area (Å²) in [5.74, 6) is 0.352. The third-order valence-electron chi connectivity index (χ3n) is 4.90. The topological polar surface area (TPSA) is 67.4 Å². The predicted molar refractivity (Wildman–Crippen MR) is 132 cm³/mol. The van der Waals surface area contributed by atoms with Crippen molar-refractivity contribution in [2.45, 2.75) is 37.3 Å². The van der Waals surface area contributed by atoms with E-state index in [-0.39, 0.29) is 23.7 Å². The second-order valence-electron chi connectivity index (χ2n) is 7.39. The molecule has 32 heavy (non-hydrogen) atoms. The largest absolute Gasteiger partial charge is 0.484 e. The molecule has 1 atom stereocenters. The minimum Gasteiger partial charge on any atom is -0.484 e. The van der Waals surface area contributed by atoms with E-state index in [2.05, 4.69) is 17.6 Å². The number of aryl methyl sites for hydroxylation is 2. The summed E-state index contributed by atoms with van der Waals surface area (Å²) in [6.07, 6.45) is 0.856. The first-order valence-corrected chi connectivity index (χ1v) is 11.5. The van der Waals surface area contributed by atoms with Gasteiger partial charge in [-0.2, -0.15) is 0 Å². The van der Waals surface area contributed by atoms with Crippen LogP contribution in [0.1, 0.15) is 25.0 Å². The monoisotopic (exact) mass is 448 g/mol. The first-order chi connectivity index (χ1) is 15.5. The number of carbonyl (C=O) groups is 2. The van der Waals surface area contributed by atoms with E-state index in [1.165, 1.54) is 11.8 Å². The molecule has 6 heteroatoms. The van der Waals surface area contributed by atoms with Gasteiger partial charge < -0.3 is 15.4 Å². The number of ether oxygens (including phenoxy) is 1. The van der Waals surface area contributed by atoms with Crippen LogP contribution in [0.15, 0.2) is 77.7 Å². The lowest BCUT2D eigenvalue weighted by molar-refractivity contribution is -0.118. The van der Waals surface area contributed by atoms with Gasteiger partial charge in [-0.15, -0.1) is 11.8 Å². The second-order valence-corrected chi connectivity index (χ2v) is 8.80. The molecule has 0 spiro atoms. The number of anilines is 2. The fourth-order valence-corrected chi connectivity index (χ4v) is 4.12. The predicted octanol–water partition coefficient (Wildman–Crippen LogP) is 5.69. The molecule has 0 aliphatic heterocycles. The van der Waals surface area contributed by atoms with E-state index in [1.54, 1.807) is 12.1 Å². The van der Waals surface area contributed by atoms with Crippen LogP contribution in [-0.2, 0) is 16.0 Å². The Hall–Kier alpha value is -3.25. The van der Waals surface area contributed by atoms with Gasteiger partial charge in [-0.3, -0.25) is 9.59 Å². The SMILES string of the molecule is CCc1cccc(C)c1NC(=O)C(C)Sc1cccc(NC(=O)COc2ccccc2)c1. The molecule has 0 saturated heterocycles. The van der Waals surface area contributed by atoms with Crippen molar-refractivity contribution in [3.8, 4) is 5.75 Å². The molecule has 0 aliphatic rings. The van der Waals surface area contributed by atoms with Gasteiger partial charge in [0.1, 0.15) is 5.75 Å². The molecule has 3 aromatic carbocycles. The van der Waals surface area contributed by atoms with Gasteiger partial charge in [-0.25, -0.2) is 0 Å². The van der Waals surface area contributed by atoms with Crippen LogP contribution in [0.2, 0.25) is 0 Å². The summed E-state index contributed by atoms with van der Waals surface area (Å²) < 4.78 is 5.48. The normalized spacial score (nSPS) is 11.5. The number of rotatable bonds is 9. The van der Waals surface area contributed by atoms with E-state index >= 15 is 0 Å². The van der Waals surface area contributed by atoms with Crippen LogP contribution in [-0.4, -0.2) is 23.7 Å². The van der Waals surface area contributed by atoms with Crippen molar-refractivity contribution in [3.05, 3.63) is 83.9 Å². The maximum Gasteiger partial charge on any atom is 0.262 e. The highest BCUT2D eigenvalue weighted by Gasteiger charge is 2.17. The van der Waals surface area contributed by atoms with Crippen LogP contribution in [0.25, 0.3) is 0 Å². The molecule has 166 valence electrons. The van der Waals surface area contributed by atoms with Gasteiger partial charge in [0.15, 0.2) is 6.61 Å². The van der Waals surface area contributed by atoms with Crippen LogP contribution in [0.3, 0.4) is 0 Å². The third kappa shape index (κ3) is 6.62. The highest BCUT2D eigenvalue weighted by molar-refractivity contribution is 8.00. The highest BCUT2D eigenvalue weighted by Crippen LogP contribution is 2.28. The zero-order valence-corrected chi connectivity index (χ0v) is 19.4. The lowest BCUT2D eigenvalue weighted by Crippen LogP contribution is -2.23. The quantitative estimate of drug-likeness (QED) is 0.413. The minimum absolute atomic E-state index is 0.0512. The summed E-state index contributed by atoms with van der Waals surface area (Å²) in [6.45, 7) is 5.88. The van der Waals surface area contributed by atoms with Gasteiger partial charge in [-0.1, -0.05) is 49.4 Å². The van der Waals surface area contributed by atoms with E-state index in [9.17, 15) is 9.59 Å². The molecule has 0 aromatic heterocycles. The number of nitrogens with one attached hydrogen (secondary N) is 2. The van der Waals surface area contributed by atoms with Crippen molar-refractivity contribution < 1.29 is 14.3 Å². The third-order valence-corrected chi connectivity index (χ3v) is 5.99. The van der Waals surface area contributed by atoms with Crippen molar-refractivity contribution in [2.75, 3.05) is 17.2 Å². The van der Waals surface area contributed by atoms with Gasteiger partial charge in [0, 0.05) is 16.3 Å². The fourth-order valence-electron chi connectivity index (χ4n) is 3.19. The number of para-hydroxylation sites is 2. The van der Waals surface area contributed by atoms with E-state index < -0.39 is 0 Å². The van der Waals surface area contributed by atoms with Crippen LogP contribution >= 0.6 is 11.8 Å². The van der Waals surface area contributed by atoms with Crippen LogP contribution in [0, 0.1) is 6.92 Å². The summed E-state index contributed by atoms with van der Waals surface area (Å²) in [7, 11) is 0. The molecular formula is C26H28N2O3S. The zero-order valence-electron chi connectivity index (χ0n) is 18.6. The molecule has 1 unspecified atom stereocenters. The maximum absolute atomic E-state index is 12.8. The molecule has 2 amide bonds. The van der Waals surface area contributed by atoms with Crippen molar-refractivity contribution >= 4 is 35.0 Å². The summed E-state index contributed by atoms with van der Waals surface area (Å²) in [5, 5.41) is 5.62. The van der Waals surface area contributed by atoms with Gasteiger partial charge in [0.05, 0.1) is 5.25 Å². The average Bonchev–Trinajstić information content (AvgIpc) is 2.80. The lowest BCUT2D eigenvalue weighted by Gasteiger charge is -2.16. The van der Waals surface area contributed by atoms with Crippen LogP contribution in [0.5, 0.6) is 5.75 Å². The molecule has 0 heterocycles. The molecule has 3 rings (SSSR count). The Bertz CT molecular complexity index is 1070. The van der Waals surface area contributed by atoms with Crippen molar-refractivity contribution in [3.63, 3.8) is 0 Å². The number of thioether (sulfide) groups is 1. The average molecular weight is 449 g/mol. The summed E-state index contributed by atoms with van der Waals surface area (Å²) in [4.78, 5) is 25.9. The fraction of sp³-hybridized carbons (Fsp3) is 0.231. The highest BCUT2D eigenvalue weighted by atomic mass is 32.2. The Morgan fingerprint density at radius 2 is 1.72 bits per heavy atom. The van der Waals surface area contributed by atoms with Crippen LogP contribution < -0.4 is 15.4 Å². The van der Waals surface area contributed by atoms with Gasteiger partial charge in [0.25, 0.3) is 5.91 Å². The van der Waals surface area contributed by atoms with E-state index in [0.717, 1.165) is 28.1 Å². The Balaban J connectivity index is 1.56. The first kappa shape index (κ1) is 23.4. The van der Waals surface area contributed by atoms with Gasteiger partial charge >= 0.3 is 0 Å². The molecule has 5 nitrogen and oxygen atoms in total. The molecule has 3 aromatic rings. The summed E-state index contributed by atoms with van der Waals surface area (Å²) in [6, 6.07) is 22.7. The number of carbonyl (C=O) groups excluding carboxylic acids is 2. The molecule has 0 aliphatic carbocycles. The number of hydrogen-bond acceptors (Lipinski definition) is 4. The van der Waals surface area contributed by atoms with Crippen molar-refractivity contribution in [1.29, 1.82) is 0 Å². The molecule has 0 fully saturated rings. The maximum atomic E-state index is 12.8. The number of hydrogen-bond donors (Lipinski definition) is 2. The smallest absolute Gasteiger partial charge is 0.262 e. The summed E-state index contributed by atoms with van der Waals surface area (Å²) in [5.41, 5.74) is 3.73. The van der Waals surface area contributed by atoms with E-state index in [1.807, 2.05) is 74.5 Å². The van der Waals surface area contributed by atoms with Gasteiger partial charge in [-0.05, 0) is 61.7 Å². The minimum atomic E-state index is -0.299. The van der Waals surface area contributed by atoms with Gasteiger partial charge in [0.2, 0.25) is 5.91 Å². The van der Waals surface area contributed by atoms with Crippen LogP contribution in [0.4, 0.5) is 11.4 Å². The first-order valence-electron chi connectivity index (χ1n) is 10.6. The Morgan fingerprint density at radius 3 is 2.47 bits per heavy atom. The van der Waals surface area contributed by atoms with E-state index in [0.29, 0.717) is 11.4 Å². The molecular weight excluding hydrogens is 420 g/mol. The molecule has 0 bridgehead atoms. The van der Waals surface area contributed by atoms with E-state index in [4.69, 9.17) is 4.74 Å². The number of benzene rings is 3. The second kappa shape index (κ2) is 11.4. The lowest BCUT2D eigenvalue weighted by atomic mass is 10.1. The Morgan fingerprint density at radius 1 is 0.969 bits per heavy atom. The zero-order chi connectivity index (χ0) is 22.9. The molecule has 0 saturated carbocycles. The summed E-state index contributed by atoms with van der Waals surface area (Å²) >= 11 is 1.45. The van der Waals surface area contributed by atoms with Crippen molar-refractivity contribution in [2.24, 2.45) is 0 Å². The van der Waals surface area contributed by atoms with Crippen molar-refractivity contribution in [1.82, 2.24) is 0 Å². The molecule has 0 radical (unpaired) electrons. The Kier molecular flexibility index (Phi) is 8.34.